The zero-order valence-electron chi connectivity index (χ0n) is 16.4. The van der Waals surface area contributed by atoms with Crippen LogP contribution in [0, 0.1) is 6.92 Å². The number of ether oxygens (including phenoxy) is 1. The van der Waals surface area contributed by atoms with E-state index in [4.69, 9.17) is 4.74 Å². The van der Waals surface area contributed by atoms with Crippen molar-refractivity contribution < 1.29 is 4.74 Å². The monoisotopic (exact) mass is 474 g/mol. The van der Waals surface area contributed by atoms with Crippen LogP contribution in [0.5, 0.6) is 0 Å². The number of rotatable bonds is 6. The molecule has 1 aromatic carbocycles. The molecule has 3 heterocycles. The van der Waals surface area contributed by atoms with Gasteiger partial charge in [-0.25, -0.2) is 4.98 Å². The zero-order valence-corrected chi connectivity index (χ0v) is 19.0. The number of aromatic nitrogens is 4. The summed E-state index contributed by atoms with van der Waals surface area (Å²) in [5.74, 6) is 1.25. The van der Waals surface area contributed by atoms with Gasteiger partial charge in [-0.05, 0) is 53.7 Å². The van der Waals surface area contributed by atoms with E-state index in [1.807, 2.05) is 12.3 Å². The lowest BCUT2D eigenvalue weighted by molar-refractivity contribution is 0.0657. The number of para-hydroxylation sites is 1. The second kappa shape index (κ2) is 9.20. The molecular weight excluding hydrogens is 451 g/mol. The summed E-state index contributed by atoms with van der Waals surface area (Å²) in [7, 11) is 0.698. The first kappa shape index (κ1) is 20.3. The molecule has 0 bridgehead atoms. The van der Waals surface area contributed by atoms with E-state index in [2.05, 4.69) is 78.1 Å². The van der Waals surface area contributed by atoms with Crippen molar-refractivity contribution in [1.29, 1.82) is 0 Å². The Labute approximate surface area is 180 Å². The maximum absolute atomic E-state index is 5.47. The Bertz CT molecular complexity index is 989. The van der Waals surface area contributed by atoms with E-state index in [0.717, 1.165) is 53.4 Å². The van der Waals surface area contributed by atoms with Gasteiger partial charge in [-0.3, -0.25) is 4.68 Å². The summed E-state index contributed by atoms with van der Waals surface area (Å²) in [5.41, 5.74) is 3.05. The van der Waals surface area contributed by atoms with Gasteiger partial charge in [0.05, 0.1) is 28.1 Å². The van der Waals surface area contributed by atoms with Crippen LogP contribution in [-0.2, 0) is 4.74 Å². The largest absolute Gasteiger partial charge is 0.381 e. The SMILES string of the molecule is CPc1ccccc1Nc1nc(Nc2cnn(C3CCOCC3)c2C)ncc1Br. The Morgan fingerprint density at radius 1 is 1.14 bits per heavy atom. The van der Waals surface area contributed by atoms with E-state index < -0.39 is 0 Å². The van der Waals surface area contributed by atoms with Gasteiger partial charge in [0.1, 0.15) is 5.82 Å². The van der Waals surface area contributed by atoms with E-state index in [1.54, 1.807) is 6.20 Å². The number of nitrogens with zero attached hydrogens (tertiary/aromatic N) is 4. The molecule has 1 unspecified atom stereocenters. The van der Waals surface area contributed by atoms with Crippen LogP contribution in [0.3, 0.4) is 0 Å². The molecule has 29 heavy (non-hydrogen) atoms. The van der Waals surface area contributed by atoms with Gasteiger partial charge < -0.3 is 15.4 Å². The number of hydrogen-bond acceptors (Lipinski definition) is 6. The summed E-state index contributed by atoms with van der Waals surface area (Å²) in [6, 6.07) is 8.65. The van der Waals surface area contributed by atoms with Crippen molar-refractivity contribution in [1.82, 2.24) is 19.7 Å². The van der Waals surface area contributed by atoms with E-state index in [0.29, 0.717) is 20.6 Å². The molecule has 0 radical (unpaired) electrons. The number of nitrogens with one attached hydrogen (secondary N) is 2. The van der Waals surface area contributed by atoms with Crippen LogP contribution in [0.2, 0.25) is 0 Å². The van der Waals surface area contributed by atoms with E-state index >= 15 is 0 Å². The summed E-state index contributed by atoms with van der Waals surface area (Å²) in [6.45, 7) is 5.82. The normalized spacial score (nSPS) is 15.1. The predicted molar refractivity (Wildman–Crippen MR) is 123 cm³/mol. The van der Waals surface area contributed by atoms with Crippen molar-refractivity contribution >= 4 is 53.0 Å². The topological polar surface area (TPSA) is 76.9 Å². The third-order valence-corrected chi connectivity index (χ3v) is 6.58. The van der Waals surface area contributed by atoms with Crippen molar-refractivity contribution in [3.63, 3.8) is 0 Å². The Hall–Kier alpha value is -2.02. The first-order valence-corrected chi connectivity index (χ1v) is 11.9. The summed E-state index contributed by atoms with van der Waals surface area (Å²) < 4.78 is 8.36. The highest BCUT2D eigenvalue weighted by molar-refractivity contribution is 9.10. The van der Waals surface area contributed by atoms with Crippen LogP contribution in [0.1, 0.15) is 24.6 Å². The Morgan fingerprint density at radius 3 is 2.72 bits per heavy atom. The molecule has 0 spiro atoms. The van der Waals surface area contributed by atoms with Crippen molar-refractivity contribution in [3.8, 4) is 0 Å². The van der Waals surface area contributed by atoms with Crippen LogP contribution in [0.15, 0.2) is 41.1 Å². The maximum atomic E-state index is 5.47. The summed E-state index contributed by atoms with van der Waals surface area (Å²) in [4.78, 5) is 9.08. The predicted octanol–water partition coefficient (Wildman–Crippen LogP) is 4.52. The summed E-state index contributed by atoms with van der Waals surface area (Å²) >= 11 is 3.55. The molecule has 1 atom stereocenters. The van der Waals surface area contributed by atoms with Gasteiger partial charge in [-0.2, -0.15) is 10.1 Å². The van der Waals surface area contributed by atoms with Crippen LogP contribution < -0.4 is 15.9 Å². The van der Waals surface area contributed by atoms with Gasteiger partial charge in [0, 0.05) is 25.1 Å². The lowest BCUT2D eigenvalue weighted by Crippen LogP contribution is -2.21. The minimum absolute atomic E-state index is 0.383. The first-order chi connectivity index (χ1) is 14.2. The molecular formula is C20H24BrN6OP. The van der Waals surface area contributed by atoms with Crippen LogP contribution in [0.25, 0.3) is 0 Å². The molecule has 1 aliphatic rings. The van der Waals surface area contributed by atoms with E-state index in [-0.39, 0.29) is 0 Å². The average Bonchev–Trinajstić information content (AvgIpc) is 3.11. The van der Waals surface area contributed by atoms with Gasteiger partial charge in [0.2, 0.25) is 5.95 Å². The van der Waals surface area contributed by atoms with E-state index in [9.17, 15) is 0 Å². The standard InChI is InChI=1S/C20H24BrN6OP/c1-13-17(12-23-27(13)14-7-9-28-10-8-14)25-20-22-11-15(21)19(26-20)24-16-5-3-4-6-18(16)29-2/h3-6,11-12,14,29H,7-10H2,1-2H3,(H2,22,24,25,26). The highest BCUT2D eigenvalue weighted by atomic mass is 79.9. The Kier molecular flexibility index (Phi) is 6.43. The van der Waals surface area contributed by atoms with Gasteiger partial charge in [-0.15, -0.1) is 0 Å². The van der Waals surface area contributed by atoms with Crippen molar-refractivity contribution in [3.05, 3.63) is 46.8 Å². The lowest BCUT2D eigenvalue weighted by atomic mass is 10.1. The van der Waals surface area contributed by atoms with Crippen molar-refractivity contribution in [2.75, 3.05) is 30.5 Å². The molecule has 4 rings (SSSR count). The molecule has 2 aromatic heterocycles. The molecule has 0 amide bonds. The molecule has 1 aliphatic heterocycles. The van der Waals surface area contributed by atoms with E-state index in [1.165, 1.54) is 5.30 Å². The quantitative estimate of drug-likeness (QED) is 0.511. The summed E-state index contributed by atoms with van der Waals surface area (Å²) in [6.07, 6.45) is 5.58. The molecule has 2 N–H and O–H groups in total. The number of halogens is 1. The average molecular weight is 475 g/mol. The second-order valence-corrected chi connectivity index (χ2v) is 8.76. The zero-order chi connectivity index (χ0) is 20.2. The molecule has 1 saturated heterocycles. The van der Waals surface area contributed by atoms with Crippen molar-refractivity contribution in [2.24, 2.45) is 0 Å². The minimum Gasteiger partial charge on any atom is -0.381 e. The van der Waals surface area contributed by atoms with Gasteiger partial charge in [0.15, 0.2) is 0 Å². The van der Waals surface area contributed by atoms with Gasteiger partial charge in [0.25, 0.3) is 0 Å². The molecule has 3 aromatic rings. The number of hydrogen-bond donors (Lipinski definition) is 2. The minimum atomic E-state index is 0.383. The molecule has 1 fully saturated rings. The fraction of sp³-hybridized carbons (Fsp3) is 0.350. The Morgan fingerprint density at radius 2 is 1.93 bits per heavy atom. The summed E-state index contributed by atoms with van der Waals surface area (Å²) in [5, 5.41) is 12.6. The van der Waals surface area contributed by atoms with Crippen molar-refractivity contribution in [2.45, 2.75) is 25.8 Å². The van der Waals surface area contributed by atoms with Gasteiger partial charge >= 0.3 is 0 Å². The number of benzene rings is 1. The maximum Gasteiger partial charge on any atom is 0.229 e. The van der Waals surface area contributed by atoms with Crippen LogP contribution in [-0.4, -0.2) is 39.6 Å². The van der Waals surface area contributed by atoms with Crippen LogP contribution in [0.4, 0.5) is 23.1 Å². The molecule has 9 heteroatoms. The molecule has 152 valence electrons. The highest BCUT2D eigenvalue weighted by Gasteiger charge is 2.20. The second-order valence-electron chi connectivity index (χ2n) is 6.87. The smallest absolute Gasteiger partial charge is 0.229 e. The Balaban J connectivity index is 1.54. The fourth-order valence-electron chi connectivity index (χ4n) is 3.42. The lowest BCUT2D eigenvalue weighted by Gasteiger charge is -2.23. The number of anilines is 4. The van der Waals surface area contributed by atoms with Crippen LogP contribution >= 0.6 is 24.5 Å². The van der Waals surface area contributed by atoms with Gasteiger partial charge in [-0.1, -0.05) is 26.8 Å². The third kappa shape index (κ3) is 4.60. The first-order valence-electron chi connectivity index (χ1n) is 9.61. The molecule has 7 nitrogen and oxygen atoms in total. The highest BCUT2D eigenvalue weighted by Crippen LogP contribution is 2.29. The fourth-order valence-corrected chi connectivity index (χ4v) is 4.39. The third-order valence-electron chi connectivity index (χ3n) is 5.02. The molecule has 0 aliphatic carbocycles. The molecule has 0 saturated carbocycles.